The van der Waals surface area contributed by atoms with Crippen molar-refractivity contribution in [2.24, 2.45) is 10.9 Å². The van der Waals surface area contributed by atoms with E-state index in [4.69, 9.17) is 4.42 Å². The molecule has 2 aromatic carbocycles. The van der Waals surface area contributed by atoms with Crippen LogP contribution < -0.4 is 10.0 Å². The number of carbonyl (C=O) groups excluding carboxylic acids is 1. The van der Waals surface area contributed by atoms with Gasteiger partial charge < -0.3 is 9.73 Å². The van der Waals surface area contributed by atoms with Crippen LogP contribution in [0.5, 0.6) is 0 Å². The van der Waals surface area contributed by atoms with Gasteiger partial charge in [0, 0.05) is 18.2 Å². The number of amidine groups is 1. The number of hydrogen-bond donors (Lipinski definition) is 2. The van der Waals surface area contributed by atoms with Crippen LogP contribution in [-0.2, 0) is 14.8 Å². The van der Waals surface area contributed by atoms with Crippen molar-refractivity contribution in [2.45, 2.75) is 38.1 Å². The van der Waals surface area contributed by atoms with Crippen LogP contribution in [0.4, 0.5) is 5.69 Å². The highest BCUT2D eigenvalue weighted by Gasteiger charge is 2.33. The van der Waals surface area contributed by atoms with E-state index in [2.05, 4.69) is 20.0 Å². The fourth-order valence-electron chi connectivity index (χ4n) is 3.37. The van der Waals surface area contributed by atoms with Gasteiger partial charge in [0.2, 0.25) is 5.91 Å². The fraction of sp³-hybridized carbons (Fsp3) is 0.286. The smallest absolute Gasteiger partial charge is 0.263 e. The second-order valence-electron chi connectivity index (χ2n) is 7.31. The molecule has 0 saturated carbocycles. The maximum Gasteiger partial charge on any atom is 0.263 e. The topological polar surface area (TPSA) is 114 Å². The van der Waals surface area contributed by atoms with E-state index >= 15 is 0 Å². The molecule has 1 aliphatic rings. The van der Waals surface area contributed by atoms with Crippen molar-refractivity contribution in [3.05, 3.63) is 53.9 Å². The summed E-state index contributed by atoms with van der Waals surface area (Å²) in [5.41, 5.74) is 2.33. The van der Waals surface area contributed by atoms with Gasteiger partial charge >= 0.3 is 0 Å². The van der Waals surface area contributed by atoms with E-state index in [1.165, 1.54) is 6.07 Å². The third-order valence-corrected chi connectivity index (χ3v) is 6.54. The predicted octanol–water partition coefficient (Wildman–Crippen LogP) is 3.23. The molecule has 4 rings (SSSR count). The highest BCUT2D eigenvalue weighted by atomic mass is 32.2. The Hall–Kier alpha value is -3.20. The molecule has 156 valence electrons. The Morgan fingerprint density at radius 2 is 2.03 bits per heavy atom. The second kappa shape index (κ2) is 7.56. The van der Waals surface area contributed by atoms with Crippen molar-refractivity contribution < 1.29 is 17.6 Å². The van der Waals surface area contributed by atoms with Crippen molar-refractivity contribution in [3.8, 4) is 0 Å². The molecule has 2 unspecified atom stereocenters. The van der Waals surface area contributed by atoms with Gasteiger partial charge in [-0.2, -0.15) is 0 Å². The minimum atomic E-state index is -3.67. The van der Waals surface area contributed by atoms with E-state index in [-0.39, 0.29) is 22.6 Å². The summed E-state index contributed by atoms with van der Waals surface area (Å²) in [7, 11) is -3.67. The summed E-state index contributed by atoms with van der Waals surface area (Å²) >= 11 is 0. The van der Waals surface area contributed by atoms with Crippen molar-refractivity contribution in [2.75, 3.05) is 5.32 Å². The number of fused-ring (bicyclic) bond motifs is 2. The van der Waals surface area contributed by atoms with E-state index in [1.807, 2.05) is 13.8 Å². The zero-order valence-electron chi connectivity index (χ0n) is 16.8. The molecule has 0 aliphatic carbocycles. The molecule has 1 aliphatic heterocycles. The molecule has 30 heavy (non-hydrogen) atoms. The number of oxazole rings is 1. The van der Waals surface area contributed by atoms with Crippen LogP contribution in [-0.4, -0.2) is 31.2 Å². The Morgan fingerprint density at radius 3 is 2.80 bits per heavy atom. The molecule has 0 spiro atoms. The lowest BCUT2D eigenvalue weighted by atomic mass is 9.98. The van der Waals surface area contributed by atoms with Gasteiger partial charge in [0.25, 0.3) is 10.0 Å². The first kappa shape index (κ1) is 20.1. The minimum Gasteiger partial charge on any atom is -0.441 e. The van der Waals surface area contributed by atoms with Crippen molar-refractivity contribution in [1.82, 2.24) is 9.71 Å². The van der Waals surface area contributed by atoms with Crippen molar-refractivity contribution in [1.29, 1.82) is 0 Å². The number of nitrogens with zero attached hydrogens (tertiary/aromatic N) is 2. The zero-order chi connectivity index (χ0) is 21.5. The number of aliphatic imine (C=N–C) groups is 1. The average Bonchev–Trinajstić information content (AvgIpc) is 3.21. The maximum atomic E-state index is 13.1. The SMILES string of the molecule is CCC(C)C(N=C1NS(=O)(=O)c2ccccc21)C(=O)Nc1ccc2oc(C)nc2c1. The Balaban J connectivity index is 1.66. The number of sulfonamides is 1. The third kappa shape index (κ3) is 3.68. The molecular formula is C21H22N4O4S. The highest BCUT2D eigenvalue weighted by Crippen LogP contribution is 2.25. The molecule has 2 atom stereocenters. The van der Waals surface area contributed by atoms with Gasteiger partial charge in [-0.25, -0.2) is 13.4 Å². The van der Waals surface area contributed by atoms with Gasteiger partial charge in [-0.1, -0.05) is 32.4 Å². The number of carbonyl (C=O) groups is 1. The van der Waals surface area contributed by atoms with Crippen LogP contribution in [0, 0.1) is 12.8 Å². The molecule has 0 fully saturated rings. The van der Waals surface area contributed by atoms with Gasteiger partial charge in [0.1, 0.15) is 17.4 Å². The lowest BCUT2D eigenvalue weighted by Crippen LogP contribution is -2.34. The first-order valence-corrected chi connectivity index (χ1v) is 11.1. The van der Waals surface area contributed by atoms with E-state index in [0.717, 1.165) is 0 Å². The van der Waals surface area contributed by atoms with Crippen LogP contribution in [0.3, 0.4) is 0 Å². The number of amides is 1. The third-order valence-electron chi connectivity index (χ3n) is 5.14. The van der Waals surface area contributed by atoms with E-state index < -0.39 is 16.1 Å². The van der Waals surface area contributed by atoms with Gasteiger partial charge in [-0.15, -0.1) is 0 Å². The van der Waals surface area contributed by atoms with Crippen molar-refractivity contribution >= 4 is 38.6 Å². The van der Waals surface area contributed by atoms with E-state index in [0.29, 0.717) is 34.7 Å². The number of rotatable bonds is 5. The Kier molecular flexibility index (Phi) is 5.07. The summed E-state index contributed by atoms with van der Waals surface area (Å²) < 4.78 is 32.7. The van der Waals surface area contributed by atoms with E-state index in [1.54, 1.807) is 43.3 Å². The second-order valence-corrected chi connectivity index (χ2v) is 8.97. The lowest BCUT2D eigenvalue weighted by molar-refractivity contribution is -0.118. The molecule has 8 nitrogen and oxygen atoms in total. The molecule has 3 aromatic rings. The first-order chi connectivity index (χ1) is 14.3. The van der Waals surface area contributed by atoms with Gasteiger partial charge in [0.15, 0.2) is 11.5 Å². The summed E-state index contributed by atoms with van der Waals surface area (Å²) in [6.45, 7) is 5.63. The molecule has 0 saturated heterocycles. The highest BCUT2D eigenvalue weighted by molar-refractivity contribution is 7.90. The number of nitrogens with one attached hydrogen (secondary N) is 2. The lowest BCUT2D eigenvalue weighted by Gasteiger charge is -2.19. The summed E-state index contributed by atoms with van der Waals surface area (Å²) in [6, 6.07) is 11.0. The molecule has 1 amide bonds. The maximum absolute atomic E-state index is 13.1. The molecule has 2 N–H and O–H groups in total. The van der Waals surface area contributed by atoms with Crippen LogP contribution in [0.15, 0.2) is 56.8 Å². The van der Waals surface area contributed by atoms with Gasteiger partial charge in [0.05, 0.1) is 4.90 Å². The normalized spacial score (nSPS) is 18.0. The summed E-state index contributed by atoms with van der Waals surface area (Å²) in [5.74, 6) is 0.311. The van der Waals surface area contributed by atoms with Crippen LogP contribution >= 0.6 is 0 Å². The quantitative estimate of drug-likeness (QED) is 0.650. The predicted molar refractivity (Wildman–Crippen MR) is 114 cm³/mol. The number of anilines is 1. The fourth-order valence-corrected chi connectivity index (χ4v) is 4.61. The Bertz CT molecular complexity index is 1260. The van der Waals surface area contributed by atoms with Crippen molar-refractivity contribution in [3.63, 3.8) is 0 Å². The monoisotopic (exact) mass is 426 g/mol. The van der Waals surface area contributed by atoms with Crippen LogP contribution in [0.1, 0.15) is 31.7 Å². The summed E-state index contributed by atoms with van der Waals surface area (Å²) in [4.78, 5) is 22.0. The van der Waals surface area contributed by atoms with E-state index in [9.17, 15) is 13.2 Å². The van der Waals surface area contributed by atoms with Gasteiger partial charge in [-0.3, -0.25) is 14.5 Å². The molecule has 1 aromatic heterocycles. The number of benzene rings is 2. The number of aryl methyl sites for hydroxylation is 1. The number of hydrogen-bond acceptors (Lipinski definition) is 6. The summed E-state index contributed by atoms with van der Waals surface area (Å²) in [6.07, 6.45) is 0.699. The standard InChI is InChI=1S/C21H22N4O4S/c1-4-12(2)19(24-20-15-7-5-6-8-18(15)30(27,28)25-20)21(26)23-14-9-10-17-16(11-14)22-13(3)29-17/h5-12,19H,4H2,1-3H3,(H,23,26)(H,24,25). The zero-order valence-corrected chi connectivity index (χ0v) is 17.7. The Labute approximate surface area is 174 Å². The van der Waals surface area contributed by atoms with Crippen LogP contribution in [0.2, 0.25) is 0 Å². The Morgan fingerprint density at radius 1 is 1.27 bits per heavy atom. The molecular weight excluding hydrogens is 404 g/mol. The minimum absolute atomic E-state index is 0.104. The molecule has 9 heteroatoms. The molecule has 0 radical (unpaired) electrons. The average molecular weight is 426 g/mol. The number of aromatic nitrogens is 1. The van der Waals surface area contributed by atoms with Gasteiger partial charge in [-0.05, 0) is 36.2 Å². The van der Waals surface area contributed by atoms with Crippen LogP contribution in [0.25, 0.3) is 11.1 Å². The largest absolute Gasteiger partial charge is 0.441 e. The molecule has 2 heterocycles. The first-order valence-electron chi connectivity index (χ1n) is 9.66. The molecule has 0 bridgehead atoms. The summed E-state index contributed by atoms with van der Waals surface area (Å²) in [5, 5.41) is 2.87.